The maximum atomic E-state index is 12.7. The van der Waals surface area contributed by atoms with Gasteiger partial charge in [-0.3, -0.25) is 19.4 Å². The first-order valence-electron chi connectivity index (χ1n) is 9.91. The summed E-state index contributed by atoms with van der Waals surface area (Å²) < 4.78 is 0. The third kappa shape index (κ3) is 12.4. The Morgan fingerprint density at radius 3 is 1.97 bits per heavy atom. The summed E-state index contributed by atoms with van der Waals surface area (Å²) in [6.45, 7) is 8.06. The summed E-state index contributed by atoms with van der Waals surface area (Å²) in [5.74, 6) is -0.593. The van der Waals surface area contributed by atoms with Crippen molar-refractivity contribution in [1.82, 2.24) is 16.0 Å². The number of nitrogens with two attached hydrogens (primary N) is 2. The molecule has 0 unspecified atom stereocenters. The van der Waals surface area contributed by atoms with Gasteiger partial charge in [-0.2, -0.15) is 0 Å². The zero-order valence-corrected chi connectivity index (χ0v) is 17.8. The maximum absolute atomic E-state index is 12.7. The zero-order valence-electron chi connectivity index (χ0n) is 17.8. The van der Waals surface area contributed by atoms with Crippen LogP contribution in [-0.4, -0.2) is 55.1 Å². The number of carbonyl (C=O) groups excluding carboxylic acids is 4. The van der Waals surface area contributed by atoms with Crippen molar-refractivity contribution in [2.24, 2.45) is 28.3 Å². The summed E-state index contributed by atoms with van der Waals surface area (Å²) >= 11 is 0. The van der Waals surface area contributed by atoms with E-state index in [4.69, 9.17) is 11.5 Å². The van der Waals surface area contributed by atoms with Crippen LogP contribution in [0.25, 0.3) is 0 Å². The van der Waals surface area contributed by atoms with Crippen LogP contribution in [-0.2, 0) is 19.2 Å². The van der Waals surface area contributed by atoms with Crippen LogP contribution in [0.3, 0.4) is 0 Å². The summed E-state index contributed by atoms with van der Waals surface area (Å²) in [5, 5.41) is 7.85. The van der Waals surface area contributed by atoms with Gasteiger partial charge in [0.25, 0.3) is 0 Å². The topological polar surface area (TPSA) is 169 Å². The molecule has 0 aromatic rings. The number of nitrogens with zero attached hydrogens (tertiary/aromatic N) is 1. The van der Waals surface area contributed by atoms with Crippen molar-refractivity contribution in [3.63, 3.8) is 0 Å². The molecule has 3 atom stereocenters. The monoisotopic (exact) mass is 412 g/mol. The quantitative estimate of drug-likeness (QED) is 0.104. The van der Waals surface area contributed by atoms with Gasteiger partial charge < -0.3 is 32.2 Å². The first-order valence-corrected chi connectivity index (χ1v) is 9.91. The molecule has 10 heteroatoms. The van der Waals surface area contributed by atoms with Crippen molar-refractivity contribution >= 4 is 30.5 Å². The number of aliphatic imine (C=N–C) groups is 1. The third-order valence-electron chi connectivity index (χ3n) is 4.09. The van der Waals surface area contributed by atoms with Crippen LogP contribution in [0.1, 0.15) is 53.4 Å². The SMILES string of the molecule is CC(C)C[C@H](NC=O)C(=O)N[C@@H](CC(C)C)C(=O)N[C@H](C=O)CCCN=C(N)N. The minimum atomic E-state index is -0.814. The van der Waals surface area contributed by atoms with Gasteiger partial charge in [0.2, 0.25) is 18.2 Å². The number of amides is 3. The molecule has 0 heterocycles. The summed E-state index contributed by atoms with van der Waals surface area (Å²) in [5.41, 5.74) is 10.5. The Labute approximate surface area is 172 Å². The fraction of sp³-hybridized carbons (Fsp3) is 0.737. The minimum absolute atomic E-state index is 0.0312. The zero-order chi connectivity index (χ0) is 22.4. The summed E-state index contributed by atoms with van der Waals surface area (Å²) in [7, 11) is 0. The number of aldehydes is 1. The van der Waals surface area contributed by atoms with Crippen LogP contribution >= 0.6 is 0 Å². The van der Waals surface area contributed by atoms with E-state index < -0.39 is 29.9 Å². The molecular weight excluding hydrogens is 376 g/mol. The number of carbonyl (C=O) groups is 4. The van der Waals surface area contributed by atoms with Gasteiger partial charge in [0, 0.05) is 6.54 Å². The highest BCUT2D eigenvalue weighted by Crippen LogP contribution is 2.09. The number of hydrogen-bond acceptors (Lipinski definition) is 5. The van der Waals surface area contributed by atoms with Crippen molar-refractivity contribution in [3.05, 3.63) is 0 Å². The molecule has 0 saturated heterocycles. The lowest BCUT2D eigenvalue weighted by Crippen LogP contribution is -2.54. The Balaban J connectivity index is 5.01. The molecule has 0 rings (SSSR count). The summed E-state index contributed by atoms with van der Waals surface area (Å²) in [6.07, 6.45) is 2.86. The van der Waals surface area contributed by atoms with E-state index in [1.807, 2.05) is 27.7 Å². The molecule has 29 heavy (non-hydrogen) atoms. The van der Waals surface area contributed by atoms with Gasteiger partial charge in [-0.1, -0.05) is 27.7 Å². The molecular formula is C19H36N6O4. The van der Waals surface area contributed by atoms with Gasteiger partial charge in [0.1, 0.15) is 18.4 Å². The molecule has 0 aliphatic heterocycles. The van der Waals surface area contributed by atoms with Crippen LogP contribution in [0.2, 0.25) is 0 Å². The van der Waals surface area contributed by atoms with Gasteiger partial charge in [0.05, 0.1) is 6.04 Å². The van der Waals surface area contributed by atoms with Crippen molar-refractivity contribution in [1.29, 1.82) is 0 Å². The van der Waals surface area contributed by atoms with Crippen LogP contribution in [0.4, 0.5) is 0 Å². The lowest BCUT2D eigenvalue weighted by atomic mass is 10.00. The van der Waals surface area contributed by atoms with Crippen molar-refractivity contribution in [2.75, 3.05) is 6.54 Å². The fourth-order valence-corrected chi connectivity index (χ4v) is 2.76. The Morgan fingerprint density at radius 2 is 1.48 bits per heavy atom. The van der Waals surface area contributed by atoms with Crippen LogP contribution < -0.4 is 27.4 Å². The Kier molecular flexibility index (Phi) is 13.0. The maximum Gasteiger partial charge on any atom is 0.243 e. The standard InChI is InChI=1S/C19H36N6O4/c1-12(2)8-15(23-11-27)17(28)25-16(9-13(3)4)18(29)24-14(10-26)6-5-7-22-19(20)21/h10-16H,5-9H2,1-4H3,(H,23,27)(H,24,29)(H,25,28)(H4,20,21,22)/t14-,15-,16-/m0/s1. The highest BCUT2D eigenvalue weighted by molar-refractivity contribution is 5.91. The Morgan fingerprint density at radius 1 is 0.931 bits per heavy atom. The van der Waals surface area contributed by atoms with Gasteiger partial charge >= 0.3 is 0 Å². The molecule has 3 amide bonds. The Bertz CT molecular complexity index is 561. The molecule has 0 bridgehead atoms. The fourth-order valence-electron chi connectivity index (χ4n) is 2.76. The van der Waals surface area contributed by atoms with E-state index in [1.54, 1.807) is 0 Å². The predicted octanol–water partition coefficient (Wildman–Crippen LogP) is -0.585. The second-order valence-electron chi connectivity index (χ2n) is 7.86. The van der Waals surface area contributed by atoms with Crippen molar-refractivity contribution in [2.45, 2.75) is 71.5 Å². The molecule has 0 fully saturated rings. The first-order chi connectivity index (χ1) is 13.6. The molecule has 0 saturated carbocycles. The smallest absolute Gasteiger partial charge is 0.243 e. The third-order valence-corrected chi connectivity index (χ3v) is 4.09. The van der Waals surface area contributed by atoms with Crippen molar-refractivity contribution in [3.8, 4) is 0 Å². The normalized spacial score (nSPS) is 13.9. The molecule has 0 spiro atoms. The molecule has 0 aromatic heterocycles. The van der Waals surface area contributed by atoms with E-state index in [0.29, 0.717) is 44.9 Å². The Hall–Kier alpha value is -2.65. The molecule has 0 aliphatic rings. The molecule has 10 nitrogen and oxygen atoms in total. The molecule has 0 radical (unpaired) electrons. The van der Waals surface area contributed by atoms with Gasteiger partial charge in [-0.15, -0.1) is 0 Å². The largest absolute Gasteiger partial charge is 0.370 e. The molecule has 7 N–H and O–H groups in total. The highest BCUT2D eigenvalue weighted by atomic mass is 16.2. The molecule has 0 aromatic carbocycles. The van der Waals surface area contributed by atoms with Crippen LogP contribution in [0.5, 0.6) is 0 Å². The second-order valence-corrected chi connectivity index (χ2v) is 7.86. The number of hydrogen-bond donors (Lipinski definition) is 5. The highest BCUT2D eigenvalue weighted by Gasteiger charge is 2.27. The average molecular weight is 413 g/mol. The molecule has 166 valence electrons. The van der Waals surface area contributed by atoms with E-state index in [1.165, 1.54) is 0 Å². The van der Waals surface area contributed by atoms with Crippen molar-refractivity contribution < 1.29 is 19.2 Å². The lowest BCUT2D eigenvalue weighted by molar-refractivity contribution is -0.132. The van der Waals surface area contributed by atoms with E-state index in [2.05, 4.69) is 20.9 Å². The van der Waals surface area contributed by atoms with Crippen LogP contribution in [0.15, 0.2) is 4.99 Å². The lowest BCUT2D eigenvalue weighted by Gasteiger charge is -2.25. The minimum Gasteiger partial charge on any atom is -0.370 e. The van der Waals surface area contributed by atoms with Gasteiger partial charge in [0.15, 0.2) is 5.96 Å². The second kappa shape index (κ2) is 14.4. The summed E-state index contributed by atoms with van der Waals surface area (Å²) in [6, 6.07) is -2.25. The number of guanidine groups is 1. The van der Waals surface area contributed by atoms with E-state index >= 15 is 0 Å². The first kappa shape index (κ1) is 26.4. The number of nitrogens with one attached hydrogen (secondary N) is 3. The van der Waals surface area contributed by atoms with Gasteiger partial charge in [-0.25, -0.2) is 0 Å². The van der Waals surface area contributed by atoms with Gasteiger partial charge in [-0.05, 0) is 37.5 Å². The number of rotatable bonds is 15. The predicted molar refractivity (Wildman–Crippen MR) is 112 cm³/mol. The van der Waals surface area contributed by atoms with Crippen LogP contribution in [0, 0.1) is 11.8 Å². The molecule has 0 aliphatic carbocycles. The average Bonchev–Trinajstić information content (AvgIpc) is 2.62. The van der Waals surface area contributed by atoms with E-state index in [9.17, 15) is 19.2 Å². The van der Waals surface area contributed by atoms with E-state index in [-0.39, 0.29) is 17.8 Å². The summed E-state index contributed by atoms with van der Waals surface area (Å²) in [4.78, 5) is 51.2. The van der Waals surface area contributed by atoms with E-state index in [0.717, 1.165) is 0 Å².